The van der Waals surface area contributed by atoms with Gasteiger partial charge in [-0.15, -0.1) is 0 Å². The fourth-order valence-electron chi connectivity index (χ4n) is 4.18. The molecule has 0 aromatic heterocycles. The minimum absolute atomic E-state index is 0.250. The highest BCUT2D eigenvalue weighted by Gasteiger charge is 2.43. The van der Waals surface area contributed by atoms with Gasteiger partial charge < -0.3 is 24.8 Å². The lowest BCUT2D eigenvalue weighted by atomic mass is 9.87. The topological polar surface area (TPSA) is 137 Å². The first-order chi connectivity index (χ1) is 19.1. The number of ether oxygens (including phenoxy) is 3. The van der Waals surface area contributed by atoms with Crippen LogP contribution < -0.4 is 10.6 Å². The van der Waals surface area contributed by atoms with E-state index in [2.05, 4.69) is 10.6 Å². The molecule has 13 heteroatoms. The van der Waals surface area contributed by atoms with Crippen LogP contribution in [-0.2, 0) is 39.4 Å². The van der Waals surface area contributed by atoms with Crippen LogP contribution in [-0.4, -0.2) is 80.5 Å². The molecule has 244 valence electrons. The van der Waals surface area contributed by atoms with Crippen LogP contribution in [0.1, 0.15) is 101 Å². The van der Waals surface area contributed by atoms with Crippen LogP contribution in [0.5, 0.6) is 0 Å². The Hall–Kier alpha value is -1.47. The van der Waals surface area contributed by atoms with Crippen molar-refractivity contribution < 1.29 is 37.6 Å². The van der Waals surface area contributed by atoms with E-state index in [-0.39, 0.29) is 18.4 Å². The fourth-order valence-corrected chi connectivity index (χ4v) is 7.74. The van der Waals surface area contributed by atoms with Crippen LogP contribution >= 0.6 is 21.6 Å². The normalized spacial score (nSPS) is 17.5. The van der Waals surface area contributed by atoms with Gasteiger partial charge in [-0.05, 0) is 81.6 Å². The Labute approximate surface area is 262 Å². The lowest BCUT2D eigenvalue weighted by Gasteiger charge is -2.31. The predicted octanol–water partition coefficient (Wildman–Crippen LogP) is 5.15. The minimum Gasteiger partial charge on any atom is -0.460 e. The zero-order valence-electron chi connectivity index (χ0n) is 27.0. The Morgan fingerprint density at radius 1 is 0.833 bits per heavy atom. The second-order valence-corrected chi connectivity index (χ2v) is 17.9. The summed E-state index contributed by atoms with van der Waals surface area (Å²) in [7, 11) is 2.05. The summed E-state index contributed by atoms with van der Waals surface area (Å²) in [4.78, 5) is 51.7. The second-order valence-electron chi connectivity index (χ2n) is 13.8. The molecule has 3 unspecified atom stereocenters. The maximum atomic E-state index is 13.7. The number of alkyl carbamates (subject to hydrolysis) is 1. The highest BCUT2D eigenvalue weighted by molar-refractivity contribution is 8.76. The van der Waals surface area contributed by atoms with Gasteiger partial charge in [-0.1, -0.05) is 34.4 Å². The summed E-state index contributed by atoms with van der Waals surface area (Å²) in [6.45, 7) is 15.8. The van der Waals surface area contributed by atoms with Crippen molar-refractivity contribution in [2.45, 2.75) is 130 Å². The summed E-state index contributed by atoms with van der Waals surface area (Å²) in [6.07, 6.45) is 4.39. The van der Waals surface area contributed by atoms with Crippen molar-refractivity contribution in [3.05, 3.63) is 0 Å². The molecule has 1 aliphatic rings. The van der Waals surface area contributed by atoms with Crippen molar-refractivity contribution in [1.82, 2.24) is 10.6 Å². The largest absolute Gasteiger partial charge is 0.460 e. The third-order valence-corrected chi connectivity index (χ3v) is 9.44. The number of hydrogen-bond acceptors (Lipinski definition) is 10. The second kappa shape index (κ2) is 16.6. The number of carbonyl (C=O) groups is 4. The molecule has 2 N–H and O–H groups in total. The van der Waals surface area contributed by atoms with Crippen molar-refractivity contribution in [2.75, 3.05) is 23.5 Å². The molecule has 1 rings (SSSR count). The van der Waals surface area contributed by atoms with Crippen molar-refractivity contribution in [2.24, 2.45) is 5.41 Å². The van der Waals surface area contributed by atoms with Gasteiger partial charge in [0.25, 0.3) is 0 Å². The quantitative estimate of drug-likeness (QED) is 0.112. The molecule has 0 bridgehead atoms. The Morgan fingerprint density at radius 3 is 1.88 bits per heavy atom. The zero-order valence-corrected chi connectivity index (χ0v) is 29.5. The van der Waals surface area contributed by atoms with E-state index in [9.17, 15) is 23.4 Å². The Morgan fingerprint density at radius 2 is 1.38 bits per heavy atom. The van der Waals surface area contributed by atoms with E-state index in [0.29, 0.717) is 36.5 Å². The summed E-state index contributed by atoms with van der Waals surface area (Å²) in [5, 5.41) is 5.70. The maximum absolute atomic E-state index is 13.7. The van der Waals surface area contributed by atoms with Gasteiger partial charge in [0, 0.05) is 40.4 Å². The molecule has 0 saturated heterocycles. The Balaban J connectivity index is 2.91. The molecule has 0 radical (unpaired) electrons. The lowest BCUT2D eigenvalue weighted by molar-refractivity contribution is -0.165. The fraction of sp³-hybridized carbons (Fsp3) is 0.862. The van der Waals surface area contributed by atoms with Crippen molar-refractivity contribution in [3.8, 4) is 0 Å². The standard InChI is InChI=1S/C29H52N2O8S3/c1-26(2,3)37-22(32)17-21(23(33)38-27(4,5)6)31-24(34)29(14-11-12-15-29)19-41-40-18-20(13-16-42(10)36)30-25(35)39-28(7,8)9/h20-21H,11-19H2,1-10H3,(H,30,35)(H,31,34). The molecule has 10 nitrogen and oxygen atoms in total. The Kier molecular flexibility index (Phi) is 15.2. The van der Waals surface area contributed by atoms with Crippen LogP contribution in [0.3, 0.4) is 0 Å². The average molecular weight is 653 g/mol. The highest BCUT2D eigenvalue weighted by atomic mass is 33.1. The molecule has 42 heavy (non-hydrogen) atoms. The van der Waals surface area contributed by atoms with E-state index in [0.717, 1.165) is 12.8 Å². The molecule has 1 aliphatic carbocycles. The molecular weight excluding hydrogens is 601 g/mol. The molecule has 1 saturated carbocycles. The third kappa shape index (κ3) is 16.4. The summed E-state index contributed by atoms with van der Waals surface area (Å²) in [6, 6.07) is -1.42. The first-order valence-corrected chi connectivity index (χ1v) is 18.6. The first kappa shape index (κ1) is 38.6. The molecule has 0 aliphatic heterocycles. The van der Waals surface area contributed by atoms with Crippen molar-refractivity contribution in [3.63, 3.8) is 0 Å². The summed E-state index contributed by atoms with van der Waals surface area (Å²) < 4.78 is 28.0. The van der Waals surface area contributed by atoms with Gasteiger partial charge in [0.2, 0.25) is 5.91 Å². The SMILES string of the molecule is CS(=O)CCC(CSSCC1(C(=O)NC(CC(=O)OC(C)(C)C)C(=O)OC(C)(C)C)CCCC1)NC(=O)OC(C)(C)C. The molecule has 1 fully saturated rings. The average Bonchev–Trinajstić information content (AvgIpc) is 3.26. The lowest BCUT2D eigenvalue weighted by Crippen LogP contribution is -2.51. The van der Waals surface area contributed by atoms with Gasteiger partial charge in [0.15, 0.2) is 0 Å². The number of amides is 2. The van der Waals surface area contributed by atoms with E-state index < -0.39 is 57.1 Å². The van der Waals surface area contributed by atoms with Crippen LogP contribution in [0.15, 0.2) is 0 Å². The molecule has 0 spiro atoms. The van der Waals surface area contributed by atoms with E-state index in [1.807, 2.05) is 0 Å². The van der Waals surface area contributed by atoms with Gasteiger partial charge in [0.05, 0.1) is 11.8 Å². The number of esters is 2. The van der Waals surface area contributed by atoms with Crippen molar-refractivity contribution >= 4 is 56.3 Å². The van der Waals surface area contributed by atoms with Gasteiger partial charge in [-0.25, -0.2) is 9.59 Å². The van der Waals surface area contributed by atoms with Gasteiger partial charge in [-0.3, -0.25) is 13.8 Å². The van der Waals surface area contributed by atoms with Crippen molar-refractivity contribution in [1.29, 1.82) is 0 Å². The summed E-state index contributed by atoms with van der Waals surface area (Å²) in [5.74, 6) is -0.0746. The maximum Gasteiger partial charge on any atom is 0.407 e. The van der Waals surface area contributed by atoms with E-state index in [4.69, 9.17) is 14.2 Å². The van der Waals surface area contributed by atoms with Crippen LogP contribution in [0.25, 0.3) is 0 Å². The van der Waals surface area contributed by atoms with E-state index in [1.54, 1.807) is 68.6 Å². The van der Waals surface area contributed by atoms with Gasteiger partial charge in [-0.2, -0.15) is 0 Å². The van der Waals surface area contributed by atoms with Crippen LogP contribution in [0, 0.1) is 5.41 Å². The molecule has 0 heterocycles. The Bertz CT molecular complexity index is 948. The predicted molar refractivity (Wildman–Crippen MR) is 171 cm³/mol. The van der Waals surface area contributed by atoms with E-state index in [1.165, 1.54) is 21.6 Å². The monoisotopic (exact) mass is 652 g/mol. The van der Waals surface area contributed by atoms with Gasteiger partial charge >= 0.3 is 18.0 Å². The van der Waals surface area contributed by atoms with Crippen LogP contribution in [0.4, 0.5) is 4.79 Å². The molecule has 0 aromatic rings. The number of rotatable bonds is 14. The third-order valence-electron chi connectivity index (χ3n) is 5.99. The van der Waals surface area contributed by atoms with Crippen LogP contribution in [0.2, 0.25) is 0 Å². The smallest absolute Gasteiger partial charge is 0.407 e. The minimum atomic E-state index is -1.17. The number of nitrogens with one attached hydrogen (secondary N) is 2. The van der Waals surface area contributed by atoms with Gasteiger partial charge in [0.1, 0.15) is 22.8 Å². The summed E-state index contributed by atoms with van der Waals surface area (Å²) >= 11 is 0. The highest BCUT2D eigenvalue weighted by Crippen LogP contribution is 2.43. The first-order valence-electron chi connectivity index (χ1n) is 14.4. The summed E-state index contributed by atoms with van der Waals surface area (Å²) in [5.41, 5.74) is -2.86. The van der Waals surface area contributed by atoms with E-state index >= 15 is 0 Å². The molecular formula is C29H52N2O8S3. The molecule has 3 atom stereocenters. The number of carbonyl (C=O) groups excluding carboxylic acids is 4. The molecule has 0 aromatic carbocycles. The zero-order chi connectivity index (χ0) is 32.4. The molecule has 2 amide bonds. The number of hydrogen-bond donors (Lipinski definition) is 2.